The number of rotatable bonds is 11. The summed E-state index contributed by atoms with van der Waals surface area (Å²) in [5.41, 5.74) is 0.475. The van der Waals surface area contributed by atoms with E-state index in [1.807, 2.05) is 0 Å². The first-order valence-electron chi connectivity index (χ1n) is 11.9. The first kappa shape index (κ1) is 27.5. The van der Waals surface area contributed by atoms with E-state index in [0.29, 0.717) is 22.9 Å². The van der Waals surface area contributed by atoms with Crippen LogP contribution in [-0.2, 0) is 11.3 Å². The first-order chi connectivity index (χ1) is 18.8. The molecule has 3 N–H and O–H groups in total. The van der Waals surface area contributed by atoms with Crippen LogP contribution in [0.1, 0.15) is 28.5 Å². The largest absolute Gasteiger partial charge is 0.491 e. The Hall–Kier alpha value is -4.58. The van der Waals surface area contributed by atoms with Crippen LogP contribution in [0.25, 0.3) is 0 Å². The minimum atomic E-state index is -0.782. The predicted octanol–water partition coefficient (Wildman–Crippen LogP) is 5.10. The van der Waals surface area contributed by atoms with E-state index in [4.69, 9.17) is 14.9 Å². The van der Waals surface area contributed by atoms with Crippen LogP contribution in [0.15, 0.2) is 48.7 Å². The second kappa shape index (κ2) is 12.3. The molecule has 2 aromatic heterocycles. The van der Waals surface area contributed by atoms with Gasteiger partial charge in [-0.15, -0.1) is 0 Å². The van der Waals surface area contributed by atoms with Crippen molar-refractivity contribution in [2.75, 3.05) is 31.0 Å². The minimum Gasteiger partial charge on any atom is -0.491 e. The number of nitrogens with zero attached hydrogens (tertiary/aromatic N) is 4. The molecule has 2 aromatic carbocycles. The van der Waals surface area contributed by atoms with Gasteiger partial charge in [0.1, 0.15) is 41.3 Å². The van der Waals surface area contributed by atoms with E-state index in [-0.39, 0.29) is 54.1 Å². The van der Waals surface area contributed by atoms with Crippen LogP contribution in [0.5, 0.6) is 5.75 Å². The fraction of sp³-hybridized carbons (Fsp3) is 0.222. The fourth-order valence-corrected chi connectivity index (χ4v) is 3.64. The third-order valence-corrected chi connectivity index (χ3v) is 5.59. The number of hydrogen-bond donors (Lipinski definition) is 3. The van der Waals surface area contributed by atoms with Gasteiger partial charge in [-0.1, -0.05) is 18.2 Å². The average molecular weight is 538 g/mol. The van der Waals surface area contributed by atoms with Gasteiger partial charge >= 0.3 is 0 Å². The van der Waals surface area contributed by atoms with E-state index in [0.717, 1.165) is 12.1 Å². The zero-order valence-electron chi connectivity index (χ0n) is 21.5. The quantitative estimate of drug-likeness (QED) is 0.179. The van der Waals surface area contributed by atoms with Gasteiger partial charge in [0.15, 0.2) is 17.5 Å². The normalized spacial score (nSPS) is 10.8. The number of hydrogen-bond acceptors (Lipinski definition) is 9. The summed E-state index contributed by atoms with van der Waals surface area (Å²) >= 11 is 0. The van der Waals surface area contributed by atoms with Crippen molar-refractivity contribution in [1.82, 2.24) is 19.9 Å². The third kappa shape index (κ3) is 6.65. The molecule has 12 heteroatoms. The van der Waals surface area contributed by atoms with Gasteiger partial charge in [-0.3, -0.25) is 5.41 Å². The molecule has 39 heavy (non-hydrogen) atoms. The molecule has 0 fully saturated rings. The summed E-state index contributed by atoms with van der Waals surface area (Å²) in [6.07, 6.45) is 1.52. The second-order valence-electron chi connectivity index (χ2n) is 8.39. The summed E-state index contributed by atoms with van der Waals surface area (Å²) in [5, 5.41) is 14.5. The summed E-state index contributed by atoms with van der Waals surface area (Å²) in [5.74, 6) is -1.58. The van der Waals surface area contributed by atoms with Crippen molar-refractivity contribution in [2.45, 2.75) is 20.4 Å². The Balaban J connectivity index is 1.56. The van der Waals surface area contributed by atoms with Crippen molar-refractivity contribution in [1.29, 1.82) is 5.41 Å². The van der Waals surface area contributed by atoms with Crippen LogP contribution in [0.4, 0.5) is 30.5 Å². The maximum Gasteiger partial charge on any atom is 0.187 e. The van der Waals surface area contributed by atoms with Crippen molar-refractivity contribution >= 4 is 23.0 Å². The monoisotopic (exact) mass is 537 g/mol. The number of aromatic nitrogens is 4. The number of aryl methyl sites for hydroxylation is 2. The first-order valence-corrected chi connectivity index (χ1v) is 11.9. The van der Waals surface area contributed by atoms with Gasteiger partial charge in [0.2, 0.25) is 0 Å². The lowest BCUT2D eigenvalue weighted by atomic mass is 10.1. The van der Waals surface area contributed by atoms with Crippen LogP contribution in [0.3, 0.4) is 0 Å². The van der Waals surface area contributed by atoms with Gasteiger partial charge in [0, 0.05) is 48.8 Å². The Kier molecular flexibility index (Phi) is 8.67. The topological polar surface area (TPSA) is 118 Å². The molecule has 0 aliphatic carbocycles. The van der Waals surface area contributed by atoms with Crippen LogP contribution in [0.2, 0.25) is 0 Å². The molecule has 0 atom stereocenters. The Morgan fingerprint density at radius 1 is 0.974 bits per heavy atom. The van der Waals surface area contributed by atoms with E-state index < -0.39 is 17.5 Å². The standard InChI is InChI=1S/C27H26F3N7O2/c1-15-24(30)26(36-23-8-9-32-16(2)35-23)37-27(34-15)25(31)18-6-4-5-7-22(18)33-14-19-20(28)12-17(13-21(19)29)39-11-10-38-3/h4-9,12-13,31,33H,10-11,14H2,1-3H3,(H,32,34,35,36,37). The number of nitrogens with one attached hydrogen (secondary N) is 3. The molecule has 9 nitrogen and oxygen atoms in total. The number of halogens is 3. The van der Waals surface area contributed by atoms with Gasteiger partial charge in [-0.05, 0) is 26.0 Å². The highest BCUT2D eigenvalue weighted by Gasteiger charge is 2.19. The van der Waals surface area contributed by atoms with E-state index in [1.165, 1.54) is 20.2 Å². The average Bonchev–Trinajstić information content (AvgIpc) is 2.91. The molecule has 2 heterocycles. The van der Waals surface area contributed by atoms with Crippen LogP contribution >= 0.6 is 0 Å². The SMILES string of the molecule is COCCOc1cc(F)c(CNc2ccccc2C(=N)c2nc(C)c(F)c(Nc3ccnc(C)n3)n2)c(F)c1. The van der Waals surface area contributed by atoms with Crippen LogP contribution < -0.4 is 15.4 Å². The van der Waals surface area contributed by atoms with Crippen molar-refractivity contribution < 1.29 is 22.6 Å². The van der Waals surface area contributed by atoms with Gasteiger partial charge in [-0.2, -0.15) is 0 Å². The number of anilines is 3. The van der Waals surface area contributed by atoms with Crippen LogP contribution in [-0.4, -0.2) is 46.0 Å². The number of ether oxygens (including phenoxy) is 2. The number of benzene rings is 2. The number of para-hydroxylation sites is 1. The van der Waals surface area contributed by atoms with Crippen molar-refractivity contribution in [3.63, 3.8) is 0 Å². The molecule has 4 rings (SSSR count). The molecular weight excluding hydrogens is 511 g/mol. The van der Waals surface area contributed by atoms with E-state index in [9.17, 15) is 13.2 Å². The van der Waals surface area contributed by atoms with Gasteiger partial charge in [0.25, 0.3) is 0 Å². The summed E-state index contributed by atoms with van der Waals surface area (Å²) < 4.78 is 54.3. The number of methoxy groups -OCH3 is 1. The third-order valence-electron chi connectivity index (χ3n) is 5.59. The van der Waals surface area contributed by atoms with E-state index >= 15 is 0 Å². The second-order valence-corrected chi connectivity index (χ2v) is 8.39. The molecule has 0 amide bonds. The van der Waals surface area contributed by atoms with Crippen molar-refractivity contribution in [3.05, 3.63) is 94.6 Å². The summed E-state index contributed by atoms with van der Waals surface area (Å²) in [7, 11) is 1.50. The molecule has 4 aromatic rings. The maximum absolute atomic E-state index is 14.8. The lowest BCUT2D eigenvalue weighted by Gasteiger charge is -2.15. The van der Waals surface area contributed by atoms with E-state index in [1.54, 1.807) is 37.3 Å². The van der Waals surface area contributed by atoms with Crippen molar-refractivity contribution in [3.8, 4) is 5.75 Å². The maximum atomic E-state index is 14.8. The molecule has 0 saturated heterocycles. The molecule has 0 saturated carbocycles. The fourth-order valence-electron chi connectivity index (χ4n) is 3.64. The Morgan fingerprint density at radius 3 is 2.44 bits per heavy atom. The minimum absolute atomic E-state index is 0.0282. The highest BCUT2D eigenvalue weighted by atomic mass is 19.1. The molecule has 0 aliphatic heterocycles. The van der Waals surface area contributed by atoms with E-state index in [2.05, 4.69) is 30.6 Å². The zero-order chi connectivity index (χ0) is 27.9. The zero-order valence-corrected chi connectivity index (χ0v) is 21.5. The summed E-state index contributed by atoms with van der Waals surface area (Å²) in [6.45, 7) is 3.39. The van der Waals surface area contributed by atoms with Gasteiger partial charge < -0.3 is 20.1 Å². The van der Waals surface area contributed by atoms with Gasteiger partial charge in [0.05, 0.1) is 12.3 Å². The molecule has 0 bridgehead atoms. The smallest absolute Gasteiger partial charge is 0.187 e. The Morgan fingerprint density at radius 2 is 1.72 bits per heavy atom. The molecule has 202 valence electrons. The predicted molar refractivity (Wildman–Crippen MR) is 140 cm³/mol. The van der Waals surface area contributed by atoms with Gasteiger partial charge in [-0.25, -0.2) is 33.1 Å². The lowest BCUT2D eigenvalue weighted by Crippen LogP contribution is -2.15. The highest BCUT2D eigenvalue weighted by molar-refractivity contribution is 6.12. The molecule has 0 unspecified atom stereocenters. The van der Waals surface area contributed by atoms with Crippen LogP contribution in [0, 0.1) is 36.7 Å². The highest BCUT2D eigenvalue weighted by Crippen LogP contribution is 2.25. The molecule has 0 radical (unpaired) electrons. The summed E-state index contributed by atoms with van der Waals surface area (Å²) in [4.78, 5) is 16.6. The summed E-state index contributed by atoms with van der Waals surface area (Å²) in [6, 6.07) is 10.5. The van der Waals surface area contributed by atoms with Crippen molar-refractivity contribution in [2.24, 2.45) is 0 Å². The molecule has 0 aliphatic rings. The Bertz CT molecular complexity index is 1480. The Labute approximate surface area is 223 Å². The molecule has 0 spiro atoms. The molecular formula is C27H26F3N7O2. The lowest BCUT2D eigenvalue weighted by molar-refractivity contribution is 0.146.